The maximum atomic E-state index is 10.1. The number of benzene rings is 3. The number of rotatable bonds is 3. The first-order valence-corrected chi connectivity index (χ1v) is 13.2. The summed E-state index contributed by atoms with van der Waals surface area (Å²) in [5.41, 5.74) is 10.3. The molecule has 3 heterocycles. The van der Waals surface area contributed by atoms with Gasteiger partial charge in [0.1, 0.15) is 13.1 Å². The summed E-state index contributed by atoms with van der Waals surface area (Å²) < 4.78 is 8.53. The lowest BCUT2D eigenvalue weighted by atomic mass is 9.85. The highest BCUT2D eigenvalue weighted by Gasteiger charge is 2.22. The van der Waals surface area contributed by atoms with E-state index in [1.165, 1.54) is 11.1 Å². The third-order valence-electron chi connectivity index (χ3n) is 7.49. The maximum Gasteiger partial charge on any atom is 0.227 e. The summed E-state index contributed by atoms with van der Waals surface area (Å²) >= 11 is 0. The zero-order valence-corrected chi connectivity index (χ0v) is 22.9. The number of nitriles is 1. The van der Waals surface area contributed by atoms with Gasteiger partial charge >= 0.3 is 0 Å². The largest absolute Gasteiger partial charge is 0.437 e. The summed E-state index contributed by atoms with van der Waals surface area (Å²) in [6, 6.07) is 31.5. The summed E-state index contributed by atoms with van der Waals surface area (Å²) in [6.07, 6.45) is 2.03. The Bertz CT molecular complexity index is 1920. The number of furan rings is 1. The number of hydrogen-bond donors (Lipinski definition) is 0. The van der Waals surface area contributed by atoms with Gasteiger partial charge in [-0.1, -0.05) is 81.4 Å². The monoisotopic (exact) mass is 508 g/mol. The SMILES string of the molecule is Cc1ccc2c(oc3nc(-c4ccc(-c5cccc(C(C)(C)C)c5)cc4)c(C#N)cc32)c1-c1cccc[n+]1C. The van der Waals surface area contributed by atoms with Gasteiger partial charge in [-0.3, -0.25) is 0 Å². The molecule has 39 heavy (non-hydrogen) atoms. The molecule has 0 aliphatic heterocycles. The second-order valence-corrected chi connectivity index (χ2v) is 11.2. The molecule has 4 heteroatoms. The fourth-order valence-electron chi connectivity index (χ4n) is 5.26. The maximum absolute atomic E-state index is 10.1. The van der Waals surface area contributed by atoms with Crippen molar-refractivity contribution in [1.82, 2.24) is 4.98 Å². The van der Waals surface area contributed by atoms with Crippen molar-refractivity contribution < 1.29 is 8.98 Å². The molecule has 3 aromatic carbocycles. The van der Waals surface area contributed by atoms with Crippen molar-refractivity contribution in [2.75, 3.05) is 0 Å². The van der Waals surface area contributed by atoms with E-state index in [0.29, 0.717) is 17.0 Å². The lowest BCUT2D eigenvalue weighted by Gasteiger charge is -2.19. The molecule has 3 aromatic heterocycles. The zero-order valence-electron chi connectivity index (χ0n) is 22.9. The molecule has 4 nitrogen and oxygen atoms in total. The van der Waals surface area contributed by atoms with Crippen LogP contribution in [0.25, 0.3) is 55.7 Å². The van der Waals surface area contributed by atoms with E-state index >= 15 is 0 Å². The van der Waals surface area contributed by atoms with Crippen LogP contribution in [0.5, 0.6) is 0 Å². The van der Waals surface area contributed by atoms with Gasteiger partial charge in [0.25, 0.3) is 0 Å². The first kappa shape index (κ1) is 24.6. The Kier molecular flexibility index (Phi) is 5.81. The van der Waals surface area contributed by atoms with Crippen LogP contribution in [0.3, 0.4) is 0 Å². The minimum Gasteiger partial charge on any atom is -0.437 e. The Labute approximate surface area is 228 Å². The van der Waals surface area contributed by atoms with Crippen LogP contribution in [0.2, 0.25) is 0 Å². The normalized spacial score (nSPS) is 11.7. The molecule has 0 amide bonds. The Balaban J connectivity index is 1.47. The lowest BCUT2D eigenvalue weighted by Crippen LogP contribution is -2.30. The van der Waals surface area contributed by atoms with Crippen molar-refractivity contribution in [3.8, 4) is 39.7 Å². The van der Waals surface area contributed by atoms with E-state index in [1.54, 1.807) is 0 Å². The van der Waals surface area contributed by atoms with Crippen molar-refractivity contribution in [2.45, 2.75) is 33.1 Å². The minimum absolute atomic E-state index is 0.0832. The second kappa shape index (κ2) is 9.22. The summed E-state index contributed by atoms with van der Waals surface area (Å²) in [6.45, 7) is 8.77. The van der Waals surface area contributed by atoms with Gasteiger partial charge in [-0.25, -0.2) is 9.55 Å². The number of nitrogens with zero attached hydrogens (tertiary/aromatic N) is 3. The third kappa shape index (κ3) is 4.27. The Morgan fingerprint density at radius 2 is 1.59 bits per heavy atom. The molecule has 0 radical (unpaired) electrons. The van der Waals surface area contributed by atoms with E-state index in [-0.39, 0.29) is 5.41 Å². The van der Waals surface area contributed by atoms with E-state index in [2.05, 4.69) is 92.9 Å². The van der Waals surface area contributed by atoms with Gasteiger partial charge in [0.05, 0.1) is 16.8 Å². The van der Waals surface area contributed by atoms with Gasteiger partial charge in [-0.05, 0) is 46.7 Å². The Morgan fingerprint density at radius 3 is 2.31 bits per heavy atom. The highest BCUT2D eigenvalue weighted by atomic mass is 16.3. The number of aromatic nitrogens is 2. The van der Waals surface area contributed by atoms with E-state index < -0.39 is 0 Å². The van der Waals surface area contributed by atoms with Gasteiger partial charge in [-0.15, -0.1) is 0 Å². The van der Waals surface area contributed by atoms with Gasteiger partial charge in [0.2, 0.25) is 11.4 Å². The van der Waals surface area contributed by atoms with Crippen molar-refractivity contribution in [3.05, 3.63) is 108 Å². The first-order valence-electron chi connectivity index (χ1n) is 13.2. The number of pyridine rings is 2. The average molecular weight is 509 g/mol. The summed E-state index contributed by atoms with van der Waals surface area (Å²) in [7, 11) is 2.03. The standard InChI is InChI=1S/C35H30N3O/c1-22-12-17-28-29-20-26(21-36)32(37-34(29)39-33(28)31(22)30-11-6-7-18-38(30)5)24-15-13-23(14-16-24)25-9-8-10-27(19-25)35(2,3)4/h6-20H,1-5H3/q+1. The van der Waals surface area contributed by atoms with Crippen LogP contribution >= 0.6 is 0 Å². The van der Waals surface area contributed by atoms with E-state index in [4.69, 9.17) is 9.40 Å². The predicted octanol–water partition coefficient (Wildman–Crippen LogP) is 8.28. The topological polar surface area (TPSA) is 53.7 Å². The van der Waals surface area contributed by atoms with Gasteiger partial charge in [0.15, 0.2) is 11.8 Å². The highest BCUT2D eigenvalue weighted by Crippen LogP contribution is 2.38. The highest BCUT2D eigenvalue weighted by molar-refractivity contribution is 6.09. The second-order valence-electron chi connectivity index (χ2n) is 11.2. The van der Waals surface area contributed by atoms with Crippen molar-refractivity contribution in [1.29, 1.82) is 5.26 Å². The van der Waals surface area contributed by atoms with Gasteiger partial charge < -0.3 is 4.42 Å². The summed E-state index contributed by atoms with van der Waals surface area (Å²) in [5.74, 6) is 0. The van der Waals surface area contributed by atoms with Crippen LogP contribution in [0.15, 0.2) is 95.5 Å². The number of aryl methyl sites for hydroxylation is 2. The smallest absolute Gasteiger partial charge is 0.227 e. The first-order chi connectivity index (χ1) is 18.7. The molecular formula is C35H30N3O+. The fraction of sp³-hybridized carbons (Fsp3) is 0.171. The molecule has 0 fully saturated rings. The van der Waals surface area contributed by atoms with E-state index in [0.717, 1.165) is 44.3 Å². The van der Waals surface area contributed by atoms with Crippen molar-refractivity contribution >= 4 is 22.1 Å². The van der Waals surface area contributed by atoms with Crippen LogP contribution in [0, 0.1) is 18.3 Å². The summed E-state index contributed by atoms with van der Waals surface area (Å²) in [4.78, 5) is 4.89. The van der Waals surface area contributed by atoms with Crippen LogP contribution in [0.1, 0.15) is 37.5 Å². The molecule has 0 spiro atoms. The predicted molar refractivity (Wildman–Crippen MR) is 157 cm³/mol. The summed E-state index contributed by atoms with van der Waals surface area (Å²) in [5, 5.41) is 11.9. The minimum atomic E-state index is 0.0832. The van der Waals surface area contributed by atoms with Crippen LogP contribution in [-0.2, 0) is 12.5 Å². The molecule has 0 aliphatic carbocycles. The van der Waals surface area contributed by atoms with Crippen LogP contribution < -0.4 is 4.57 Å². The molecule has 0 bridgehead atoms. The number of hydrogen-bond acceptors (Lipinski definition) is 3. The molecule has 0 N–H and O–H groups in total. The Hall–Kier alpha value is -4.75. The molecule has 0 aliphatic rings. The average Bonchev–Trinajstić information content (AvgIpc) is 3.30. The zero-order chi connectivity index (χ0) is 27.3. The molecule has 0 saturated heterocycles. The fourth-order valence-corrected chi connectivity index (χ4v) is 5.26. The Morgan fingerprint density at radius 1 is 0.821 bits per heavy atom. The van der Waals surface area contributed by atoms with Crippen molar-refractivity contribution in [2.24, 2.45) is 7.05 Å². The lowest BCUT2D eigenvalue weighted by molar-refractivity contribution is -0.660. The molecular weight excluding hydrogens is 478 g/mol. The quantitative estimate of drug-likeness (QED) is 0.226. The molecule has 6 aromatic rings. The van der Waals surface area contributed by atoms with Gasteiger partial charge in [0, 0.05) is 28.5 Å². The third-order valence-corrected chi connectivity index (χ3v) is 7.49. The molecule has 0 atom stereocenters. The number of fused-ring (bicyclic) bond motifs is 3. The van der Waals surface area contributed by atoms with Crippen molar-refractivity contribution in [3.63, 3.8) is 0 Å². The van der Waals surface area contributed by atoms with E-state index in [9.17, 15) is 5.26 Å². The molecule has 0 unspecified atom stereocenters. The molecule has 190 valence electrons. The van der Waals surface area contributed by atoms with Gasteiger partial charge in [-0.2, -0.15) is 5.26 Å². The molecule has 6 rings (SSSR count). The van der Waals surface area contributed by atoms with Crippen LogP contribution in [-0.4, -0.2) is 4.98 Å². The van der Waals surface area contributed by atoms with E-state index in [1.807, 2.05) is 43.6 Å². The molecule has 0 saturated carbocycles. The van der Waals surface area contributed by atoms with Crippen LogP contribution in [0.4, 0.5) is 0 Å².